The summed E-state index contributed by atoms with van der Waals surface area (Å²) in [5.41, 5.74) is 3.27. The van der Waals surface area contributed by atoms with Crippen LogP contribution < -0.4 is 4.74 Å². The van der Waals surface area contributed by atoms with Gasteiger partial charge in [-0.1, -0.05) is 6.08 Å². The van der Waals surface area contributed by atoms with Crippen LogP contribution >= 0.6 is 0 Å². The number of fused-ring (bicyclic) bond motifs is 1. The number of carbonyl (C=O) groups excluding carboxylic acids is 1. The topological polar surface area (TPSA) is 79.5 Å². The van der Waals surface area contributed by atoms with Crippen LogP contribution in [0.3, 0.4) is 0 Å². The molecule has 134 valence electrons. The quantitative estimate of drug-likeness (QED) is 0.904. The van der Waals surface area contributed by atoms with Crippen molar-refractivity contribution in [2.24, 2.45) is 0 Å². The molecule has 1 N–H and O–H groups in total. The number of nitrogens with zero attached hydrogens (tertiary/aromatic N) is 1. The largest absolute Gasteiger partial charge is 0.497 e. The van der Waals surface area contributed by atoms with Crippen LogP contribution in [-0.2, 0) is 14.6 Å². The number of sulfone groups is 1. The van der Waals surface area contributed by atoms with E-state index in [0.717, 1.165) is 34.0 Å². The highest BCUT2D eigenvalue weighted by Crippen LogP contribution is 2.31. The second-order valence-corrected chi connectivity index (χ2v) is 8.72. The summed E-state index contributed by atoms with van der Waals surface area (Å²) < 4.78 is 28.5. The summed E-state index contributed by atoms with van der Waals surface area (Å²) >= 11 is 0. The SMILES string of the molecule is COc1ccc2[nH]cc(C3=CCN(C(=O)[C@H](C)S(C)(=O)=O)CC3)c2c1. The number of carbonyl (C=O) groups is 1. The fourth-order valence-corrected chi connectivity index (χ4v) is 3.56. The van der Waals surface area contributed by atoms with Crippen LogP contribution in [-0.4, -0.2) is 55.9 Å². The van der Waals surface area contributed by atoms with Gasteiger partial charge in [0.05, 0.1) is 7.11 Å². The van der Waals surface area contributed by atoms with Gasteiger partial charge in [-0.3, -0.25) is 4.79 Å². The number of aromatic amines is 1. The number of methoxy groups -OCH3 is 1. The average molecular weight is 362 g/mol. The van der Waals surface area contributed by atoms with Crippen LogP contribution in [0.2, 0.25) is 0 Å². The Hall–Kier alpha value is -2.28. The van der Waals surface area contributed by atoms with Gasteiger partial charge in [0.1, 0.15) is 11.0 Å². The first-order chi connectivity index (χ1) is 11.8. The van der Waals surface area contributed by atoms with Crippen molar-refractivity contribution in [1.29, 1.82) is 0 Å². The van der Waals surface area contributed by atoms with Crippen molar-refractivity contribution in [2.75, 3.05) is 26.5 Å². The minimum Gasteiger partial charge on any atom is -0.497 e. The second-order valence-electron chi connectivity index (χ2n) is 6.35. The van der Waals surface area contributed by atoms with E-state index in [1.165, 1.54) is 6.92 Å². The van der Waals surface area contributed by atoms with Crippen LogP contribution in [0.5, 0.6) is 5.75 Å². The molecule has 0 saturated heterocycles. The number of H-pyrrole nitrogens is 1. The molecule has 0 unspecified atom stereocenters. The Kier molecular flexibility index (Phi) is 4.60. The maximum Gasteiger partial charge on any atom is 0.240 e. The van der Waals surface area contributed by atoms with Crippen molar-refractivity contribution in [1.82, 2.24) is 9.88 Å². The van der Waals surface area contributed by atoms with E-state index < -0.39 is 15.1 Å². The van der Waals surface area contributed by atoms with Crippen LogP contribution in [0.4, 0.5) is 0 Å². The summed E-state index contributed by atoms with van der Waals surface area (Å²) in [6.45, 7) is 2.38. The highest BCUT2D eigenvalue weighted by atomic mass is 32.2. The number of hydrogen-bond donors (Lipinski definition) is 1. The fourth-order valence-electron chi connectivity index (χ4n) is 3.05. The maximum absolute atomic E-state index is 12.3. The predicted molar refractivity (Wildman–Crippen MR) is 98.3 cm³/mol. The molecule has 0 radical (unpaired) electrons. The summed E-state index contributed by atoms with van der Waals surface area (Å²) in [6.07, 6.45) is 5.75. The van der Waals surface area contributed by atoms with E-state index in [1.54, 1.807) is 12.0 Å². The Balaban J connectivity index is 1.83. The lowest BCUT2D eigenvalue weighted by Crippen LogP contribution is -2.43. The van der Waals surface area contributed by atoms with Gasteiger partial charge in [-0.25, -0.2) is 8.42 Å². The molecule has 0 aliphatic carbocycles. The van der Waals surface area contributed by atoms with E-state index >= 15 is 0 Å². The lowest BCUT2D eigenvalue weighted by molar-refractivity contribution is -0.130. The zero-order valence-corrected chi connectivity index (χ0v) is 15.4. The third-order valence-corrected chi connectivity index (χ3v) is 6.23. The van der Waals surface area contributed by atoms with Crippen molar-refractivity contribution in [3.05, 3.63) is 36.0 Å². The zero-order valence-electron chi connectivity index (χ0n) is 14.6. The number of aromatic nitrogens is 1. The molecular weight excluding hydrogens is 340 g/mol. The van der Waals surface area contributed by atoms with Gasteiger partial charge < -0.3 is 14.6 Å². The van der Waals surface area contributed by atoms with Gasteiger partial charge in [-0.2, -0.15) is 0 Å². The third-order valence-electron chi connectivity index (χ3n) is 4.75. The van der Waals surface area contributed by atoms with Crippen LogP contribution in [0.15, 0.2) is 30.5 Å². The van der Waals surface area contributed by atoms with Gasteiger partial charge in [0, 0.05) is 42.0 Å². The Morgan fingerprint density at radius 2 is 2.12 bits per heavy atom. The maximum atomic E-state index is 12.3. The molecule has 1 aliphatic heterocycles. The van der Waals surface area contributed by atoms with E-state index in [4.69, 9.17) is 4.74 Å². The Morgan fingerprint density at radius 1 is 1.36 bits per heavy atom. The minimum atomic E-state index is -3.38. The van der Waals surface area contributed by atoms with E-state index in [0.29, 0.717) is 19.5 Å². The van der Waals surface area contributed by atoms with Gasteiger partial charge in [-0.15, -0.1) is 0 Å². The Labute approximate surface area is 147 Å². The first kappa shape index (κ1) is 17.5. The lowest BCUT2D eigenvalue weighted by atomic mass is 9.98. The second kappa shape index (κ2) is 6.55. The van der Waals surface area contributed by atoms with Crippen molar-refractivity contribution >= 4 is 32.2 Å². The van der Waals surface area contributed by atoms with E-state index in [1.807, 2.05) is 30.5 Å². The first-order valence-electron chi connectivity index (χ1n) is 8.13. The summed E-state index contributed by atoms with van der Waals surface area (Å²) in [7, 11) is -1.74. The summed E-state index contributed by atoms with van der Waals surface area (Å²) in [5.74, 6) is 0.460. The molecule has 2 heterocycles. The van der Waals surface area contributed by atoms with E-state index in [9.17, 15) is 13.2 Å². The fraction of sp³-hybridized carbons (Fsp3) is 0.389. The molecule has 0 spiro atoms. The molecule has 1 aromatic carbocycles. The molecule has 0 saturated carbocycles. The molecule has 1 atom stereocenters. The number of rotatable bonds is 4. The monoisotopic (exact) mass is 362 g/mol. The number of amides is 1. The normalized spacial score (nSPS) is 16.6. The number of benzene rings is 1. The molecule has 1 aliphatic rings. The zero-order chi connectivity index (χ0) is 18.2. The molecule has 3 rings (SSSR count). The Bertz CT molecular complexity index is 943. The van der Waals surface area contributed by atoms with Gasteiger partial charge >= 0.3 is 0 Å². The highest BCUT2D eigenvalue weighted by Gasteiger charge is 2.29. The summed E-state index contributed by atoms with van der Waals surface area (Å²) in [5, 5.41) is 0.0784. The third kappa shape index (κ3) is 3.42. The summed E-state index contributed by atoms with van der Waals surface area (Å²) in [4.78, 5) is 17.2. The first-order valence-corrected chi connectivity index (χ1v) is 10.1. The number of hydrogen-bond acceptors (Lipinski definition) is 4. The van der Waals surface area contributed by atoms with Crippen LogP contribution in [0.1, 0.15) is 18.9 Å². The van der Waals surface area contributed by atoms with Crippen molar-refractivity contribution in [3.63, 3.8) is 0 Å². The Morgan fingerprint density at radius 3 is 2.72 bits per heavy atom. The smallest absolute Gasteiger partial charge is 0.240 e. The minimum absolute atomic E-state index is 0.335. The lowest BCUT2D eigenvalue weighted by Gasteiger charge is -2.28. The molecule has 2 aromatic rings. The number of nitrogens with one attached hydrogen (secondary N) is 1. The van der Waals surface area contributed by atoms with E-state index in [-0.39, 0.29) is 5.91 Å². The van der Waals surface area contributed by atoms with Crippen molar-refractivity contribution < 1.29 is 17.9 Å². The molecule has 25 heavy (non-hydrogen) atoms. The molecule has 1 amide bonds. The van der Waals surface area contributed by atoms with E-state index in [2.05, 4.69) is 4.98 Å². The molecule has 7 heteroatoms. The standard InChI is InChI=1S/C18H22N2O4S/c1-12(25(3,22)23)18(21)20-8-6-13(7-9-20)16-11-19-17-5-4-14(24-2)10-15(16)17/h4-6,10-12,19H,7-9H2,1-3H3/t12-/m0/s1. The van der Waals surface area contributed by atoms with Crippen LogP contribution in [0, 0.1) is 0 Å². The molecule has 0 bridgehead atoms. The number of ether oxygens (including phenoxy) is 1. The van der Waals surface area contributed by atoms with Crippen molar-refractivity contribution in [2.45, 2.75) is 18.6 Å². The summed E-state index contributed by atoms with van der Waals surface area (Å²) in [6, 6.07) is 5.88. The molecule has 6 nitrogen and oxygen atoms in total. The average Bonchev–Trinajstić information content (AvgIpc) is 3.02. The highest BCUT2D eigenvalue weighted by molar-refractivity contribution is 7.92. The van der Waals surface area contributed by atoms with Gasteiger partial charge in [0.25, 0.3) is 0 Å². The molecular formula is C18H22N2O4S. The molecule has 1 aromatic heterocycles. The van der Waals surface area contributed by atoms with Gasteiger partial charge in [0.2, 0.25) is 5.91 Å². The predicted octanol–water partition coefficient (Wildman–Crippen LogP) is 2.23. The van der Waals surface area contributed by atoms with Crippen molar-refractivity contribution in [3.8, 4) is 5.75 Å². The van der Waals surface area contributed by atoms with Gasteiger partial charge in [-0.05, 0) is 37.1 Å². The van der Waals surface area contributed by atoms with Crippen LogP contribution in [0.25, 0.3) is 16.5 Å². The molecule has 0 fully saturated rings. The van der Waals surface area contributed by atoms with Gasteiger partial charge in [0.15, 0.2) is 9.84 Å².